The van der Waals surface area contributed by atoms with Crippen molar-refractivity contribution in [3.8, 4) is 17.2 Å². The van der Waals surface area contributed by atoms with Crippen molar-refractivity contribution >= 4 is 0 Å². The van der Waals surface area contributed by atoms with Crippen LogP contribution >= 0.6 is 0 Å². The van der Waals surface area contributed by atoms with Crippen molar-refractivity contribution in [2.24, 2.45) is 23.7 Å². The average Bonchev–Trinajstić information content (AvgIpc) is 3.61. The predicted octanol–water partition coefficient (Wildman–Crippen LogP) is 9.97. The summed E-state index contributed by atoms with van der Waals surface area (Å²) in [4.78, 5) is 0. The summed E-state index contributed by atoms with van der Waals surface area (Å²) in [5, 5.41) is 43.2. The van der Waals surface area contributed by atoms with Crippen LogP contribution in [0.15, 0.2) is 54.6 Å². The molecule has 0 saturated heterocycles. The maximum absolute atomic E-state index is 10.5. The number of nitrogens with one attached hydrogen (secondary N) is 3. The van der Waals surface area contributed by atoms with Gasteiger partial charge in [0.1, 0.15) is 17.2 Å². The van der Waals surface area contributed by atoms with Crippen molar-refractivity contribution in [3.63, 3.8) is 0 Å². The Morgan fingerprint density at radius 1 is 0.405 bits per heavy atom. The van der Waals surface area contributed by atoms with E-state index in [1.165, 1.54) is 110 Å². The third-order valence-electron chi connectivity index (χ3n) is 19.4. The zero-order valence-electron chi connectivity index (χ0n) is 48.6. The molecule has 3 radical (unpaired) electrons. The van der Waals surface area contributed by atoms with Gasteiger partial charge in [0.15, 0.2) is 0 Å². The smallest absolute Gasteiger partial charge is 0.115 e. The second-order valence-corrected chi connectivity index (χ2v) is 24.7. The molecule has 0 heterocycles. The van der Waals surface area contributed by atoms with Gasteiger partial charge in [-0.2, -0.15) is 0 Å². The fourth-order valence-electron chi connectivity index (χ4n) is 15.6. The molecule has 12 nitrogen and oxygen atoms in total. The second-order valence-electron chi connectivity index (χ2n) is 24.7. The Labute approximate surface area is 550 Å². The quantitative estimate of drug-likeness (QED) is 0.0403. The van der Waals surface area contributed by atoms with Gasteiger partial charge in [-0.3, -0.25) is 0 Å². The van der Waals surface area contributed by atoms with Crippen LogP contribution in [0.4, 0.5) is 0 Å². The molecular formula is C64H97N3O9Y3. The minimum atomic E-state index is -0.00863. The molecule has 9 rings (SSSR count). The molecule has 3 aromatic carbocycles. The maximum Gasteiger partial charge on any atom is 0.115 e. The van der Waals surface area contributed by atoms with E-state index < -0.39 is 0 Å². The van der Waals surface area contributed by atoms with Crippen molar-refractivity contribution in [2.75, 3.05) is 98.9 Å². The summed E-state index contributed by atoms with van der Waals surface area (Å²) in [6.45, 7) is 16.0. The first-order valence-electron chi connectivity index (χ1n) is 30.2. The van der Waals surface area contributed by atoms with Crippen LogP contribution in [-0.2, 0) is 162 Å². The fourth-order valence-corrected chi connectivity index (χ4v) is 15.6. The number of phenols is 3. The molecule has 6 bridgehead atoms. The number of hydrogen-bond donors (Lipinski definition) is 6. The minimum absolute atomic E-state index is 0. The van der Waals surface area contributed by atoms with E-state index in [0.29, 0.717) is 132 Å². The molecule has 0 unspecified atom stereocenters. The summed E-state index contributed by atoms with van der Waals surface area (Å²) < 4.78 is 37.1. The Bertz CT molecular complexity index is 2040. The first-order chi connectivity index (χ1) is 37.0. The third kappa shape index (κ3) is 17.8. The zero-order valence-corrected chi connectivity index (χ0v) is 57.1. The van der Waals surface area contributed by atoms with E-state index in [4.69, 9.17) is 28.4 Å². The Kier molecular flexibility index (Phi) is 29.1. The van der Waals surface area contributed by atoms with E-state index in [1.807, 2.05) is 36.4 Å². The SMILES string of the molecule is C[C@@]12CCCCC[C@@H](Cc3ccc(O)cc31)[C@@H]2NCCOCCOCC(COCCOCCN[C@H]1[C@H]2CCCCC[C@]1(C)c1cc(O)ccc1C2)COCCOCCN[C@H]1[C@H]2CCCCC[C@]1(C)c1cc(O)ccc1C2.[Y].[Y].[Y]. The van der Waals surface area contributed by atoms with Crippen molar-refractivity contribution in [3.05, 3.63) is 88.0 Å². The van der Waals surface area contributed by atoms with Gasteiger partial charge < -0.3 is 59.7 Å². The van der Waals surface area contributed by atoms with Gasteiger partial charge >= 0.3 is 0 Å². The monoisotopic (exact) mass is 1320 g/mol. The molecule has 0 amide bonds. The number of benzene rings is 3. The molecule has 79 heavy (non-hydrogen) atoms. The topological polar surface area (TPSA) is 152 Å². The van der Waals surface area contributed by atoms with Gasteiger partial charge in [-0.05, 0) is 145 Å². The van der Waals surface area contributed by atoms with Crippen LogP contribution in [0.2, 0.25) is 0 Å². The summed E-state index contributed by atoms with van der Waals surface area (Å²) in [6.07, 6.45) is 21.6. The standard InChI is InChI=1S/C64H97N3O9.3Y/c1-62-22-10-4-7-13-50(37-47-16-19-53(68)40-56(47)62)59(62)65-25-28-71-31-34-74-43-46(44-75-35-32-72-29-26-66-60-51-14-8-5-11-23-63(60,2)57-41-54(69)20-17-48(57)38-51)45-76-36-33-73-30-27-67-61-52-15-9-6-12-24-64(61,3)58-42-55(70)21-18-49(58)39-52;;;/h16-21,40-42,46,50-52,59-61,65-70H,4-15,22-39,43-45H2,1-3H3;;;/t50-,51-,52-,59-,60-,61-,62+,63+,64+;;;/m0.../s1. The number of rotatable bonds is 27. The van der Waals surface area contributed by atoms with E-state index in [-0.39, 0.29) is 120 Å². The van der Waals surface area contributed by atoms with Gasteiger partial charge in [-0.15, -0.1) is 0 Å². The predicted molar refractivity (Wildman–Crippen MR) is 301 cm³/mol. The van der Waals surface area contributed by atoms with Crippen molar-refractivity contribution in [2.45, 2.75) is 171 Å². The molecule has 3 fully saturated rings. The number of phenolic OH excluding ortho intramolecular Hbond substituents is 3. The van der Waals surface area contributed by atoms with Crippen LogP contribution in [0, 0.1) is 23.7 Å². The minimum Gasteiger partial charge on any atom is -0.508 e. The molecule has 6 N–H and O–H groups in total. The fraction of sp³-hybridized carbons (Fsp3) is 0.719. The van der Waals surface area contributed by atoms with Crippen LogP contribution in [0.5, 0.6) is 17.2 Å². The molecule has 6 aliphatic rings. The van der Waals surface area contributed by atoms with Crippen molar-refractivity contribution in [1.29, 1.82) is 0 Å². The maximum atomic E-state index is 10.5. The van der Waals surface area contributed by atoms with Crippen LogP contribution in [0.25, 0.3) is 0 Å². The van der Waals surface area contributed by atoms with Crippen LogP contribution in [-0.4, -0.2) is 132 Å². The molecule has 0 aromatic heterocycles. The molecule has 3 aromatic rings. The molecule has 9 atom stereocenters. The molecule has 15 heteroatoms. The molecule has 431 valence electrons. The molecular weight excluding hydrogens is 1220 g/mol. The average molecular weight is 1320 g/mol. The number of hydrogen-bond acceptors (Lipinski definition) is 12. The van der Waals surface area contributed by atoms with Gasteiger partial charge in [0.2, 0.25) is 0 Å². The van der Waals surface area contributed by atoms with Crippen LogP contribution in [0.3, 0.4) is 0 Å². The summed E-state index contributed by atoms with van der Waals surface area (Å²) in [5.74, 6) is 2.90. The molecule has 0 aliphatic heterocycles. The summed E-state index contributed by atoms with van der Waals surface area (Å²) in [5.41, 5.74) is 8.14. The normalized spacial score (nSPS) is 28.1. The van der Waals surface area contributed by atoms with Gasteiger partial charge in [-0.25, -0.2) is 0 Å². The van der Waals surface area contributed by atoms with E-state index in [0.717, 1.165) is 58.2 Å². The number of fused-ring (bicyclic) bond motifs is 12. The van der Waals surface area contributed by atoms with E-state index in [2.05, 4.69) is 54.9 Å². The number of ether oxygens (including phenoxy) is 6. The van der Waals surface area contributed by atoms with E-state index in [9.17, 15) is 15.3 Å². The Hall–Kier alpha value is 0.0117. The summed E-state index contributed by atoms with van der Waals surface area (Å²) in [7, 11) is 0. The first kappa shape index (κ1) is 68.1. The van der Waals surface area contributed by atoms with E-state index in [1.54, 1.807) is 0 Å². The Balaban J connectivity index is 0.00000336. The van der Waals surface area contributed by atoms with Crippen LogP contribution in [0.1, 0.15) is 150 Å². The van der Waals surface area contributed by atoms with Gasteiger partial charge in [0.05, 0.1) is 79.3 Å². The Morgan fingerprint density at radius 2 is 0.696 bits per heavy atom. The van der Waals surface area contributed by atoms with E-state index >= 15 is 0 Å². The molecule has 3 saturated carbocycles. The second kappa shape index (κ2) is 33.8. The molecule has 0 spiro atoms. The first-order valence-corrected chi connectivity index (χ1v) is 30.2. The Morgan fingerprint density at radius 3 is 1.00 bits per heavy atom. The summed E-state index contributed by atoms with van der Waals surface area (Å²) >= 11 is 0. The van der Waals surface area contributed by atoms with Crippen LogP contribution < -0.4 is 16.0 Å². The molecule has 6 aliphatic carbocycles. The van der Waals surface area contributed by atoms with Crippen molar-refractivity contribution in [1.82, 2.24) is 16.0 Å². The van der Waals surface area contributed by atoms with Gasteiger partial charge in [-0.1, -0.05) is 96.8 Å². The number of aromatic hydroxyl groups is 3. The van der Waals surface area contributed by atoms with Crippen molar-refractivity contribution < 1.29 is 142 Å². The largest absolute Gasteiger partial charge is 0.508 e. The van der Waals surface area contributed by atoms with Gasteiger partial charge in [0.25, 0.3) is 0 Å². The summed E-state index contributed by atoms with van der Waals surface area (Å²) in [6, 6.07) is 19.2. The van der Waals surface area contributed by atoms with Gasteiger partial charge in [0, 0.05) is 158 Å². The third-order valence-corrected chi connectivity index (χ3v) is 19.4. The zero-order chi connectivity index (χ0) is 52.8.